The number of likely N-dealkylation sites (tertiary alicyclic amines) is 1. The van der Waals surface area contributed by atoms with Crippen LogP contribution < -0.4 is 5.32 Å². The Morgan fingerprint density at radius 1 is 1.20 bits per heavy atom. The molecule has 0 aromatic heterocycles. The van der Waals surface area contributed by atoms with Crippen molar-refractivity contribution in [2.45, 2.75) is 76.6 Å². The molecular formula is C21H32N2O2. The molecule has 2 aliphatic rings. The van der Waals surface area contributed by atoms with Gasteiger partial charge in [-0.2, -0.15) is 0 Å². The number of aliphatic hydroxyl groups excluding tert-OH is 1. The van der Waals surface area contributed by atoms with Crippen LogP contribution in [0.3, 0.4) is 0 Å². The average molecular weight is 344 g/mol. The zero-order valence-corrected chi connectivity index (χ0v) is 15.4. The van der Waals surface area contributed by atoms with Crippen molar-refractivity contribution in [3.63, 3.8) is 0 Å². The van der Waals surface area contributed by atoms with E-state index < -0.39 is 0 Å². The van der Waals surface area contributed by atoms with Crippen molar-refractivity contribution in [2.75, 3.05) is 6.54 Å². The number of hydrogen-bond acceptors (Lipinski definition) is 3. The van der Waals surface area contributed by atoms with Gasteiger partial charge in [0.15, 0.2) is 0 Å². The number of piperidine rings is 1. The Morgan fingerprint density at radius 3 is 2.68 bits per heavy atom. The van der Waals surface area contributed by atoms with E-state index in [9.17, 15) is 9.90 Å². The number of rotatable bonds is 5. The lowest BCUT2D eigenvalue weighted by atomic mass is 9.84. The molecule has 138 valence electrons. The number of nitrogens with zero attached hydrogens (tertiary/aromatic N) is 1. The van der Waals surface area contributed by atoms with Crippen LogP contribution in [0.5, 0.6) is 0 Å². The first-order valence-electron chi connectivity index (χ1n) is 9.87. The summed E-state index contributed by atoms with van der Waals surface area (Å²) in [6.07, 6.45) is 6.29. The maximum atomic E-state index is 12.4. The minimum Gasteiger partial charge on any atom is -0.393 e. The molecule has 2 fully saturated rings. The normalized spacial score (nSPS) is 30.8. The average Bonchev–Trinajstić information content (AvgIpc) is 2.60. The summed E-state index contributed by atoms with van der Waals surface area (Å²) in [6.45, 7) is 4.26. The fraction of sp³-hybridized carbons (Fsp3) is 0.667. The molecular weight excluding hydrogens is 312 g/mol. The maximum absolute atomic E-state index is 12.4. The molecule has 3 rings (SSSR count). The lowest BCUT2D eigenvalue weighted by Gasteiger charge is -2.38. The molecule has 1 heterocycles. The summed E-state index contributed by atoms with van der Waals surface area (Å²) in [6, 6.07) is 11.3. The number of amides is 1. The minimum absolute atomic E-state index is 0.125. The van der Waals surface area contributed by atoms with Crippen LogP contribution in [0.4, 0.5) is 0 Å². The highest BCUT2D eigenvalue weighted by atomic mass is 16.3. The largest absolute Gasteiger partial charge is 0.393 e. The lowest BCUT2D eigenvalue weighted by molar-refractivity contribution is -0.124. The lowest BCUT2D eigenvalue weighted by Crippen LogP contribution is -2.49. The molecule has 4 atom stereocenters. The van der Waals surface area contributed by atoms with E-state index in [0.717, 1.165) is 51.6 Å². The Balaban J connectivity index is 1.43. The quantitative estimate of drug-likeness (QED) is 0.863. The second-order valence-electron chi connectivity index (χ2n) is 7.91. The fourth-order valence-corrected chi connectivity index (χ4v) is 4.36. The second-order valence-corrected chi connectivity index (χ2v) is 7.91. The number of nitrogens with one attached hydrogen (secondary N) is 1. The molecule has 0 spiro atoms. The van der Waals surface area contributed by atoms with E-state index in [0.29, 0.717) is 12.5 Å². The molecule has 1 saturated heterocycles. The second kappa shape index (κ2) is 8.81. The van der Waals surface area contributed by atoms with E-state index in [1.165, 1.54) is 5.56 Å². The van der Waals surface area contributed by atoms with E-state index >= 15 is 0 Å². The summed E-state index contributed by atoms with van der Waals surface area (Å²) < 4.78 is 0. The van der Waals surface area contributed by atoms with Crippen molar-refractivity contribution in [3.05, 3.63) is 35.9 Å². The van der Waals surface area contributed by atoms with Crippen LogP contribution >= 0.6 is 0 Å². The van der Waals surface area contributed by atoms with E-state index in [-0.39, 0.29) is 24.0 Å². The van der Waals surface area contributed by atoms with Gasteiger partial charge in [-0.1, -0.05) is 43.2 Å². The number of hydrogen-bond donors (Lipinski definition) is 2. The van der Waals surface area contributed by atoms with Crippen molar-refractivity contribution in [1.29, 1.82) is 0 Å². The predicted molar refractivity (Wildman–Crippen MR) is 100 cm³/mol. The smallest absolute Gasteiger partial charge is 0.220 e. The first-order chi connectivity index (χ1) is 12.1. The zero-order valence-electron chi connectivity index (χ0n) is 15.4. The number of aliphatic hydroxyl groups is 1. The molecule has 1 saturated carbocycles. The van der Waals surface area contributed by atoms with Crippen molar-refractivity contribution >= 4 is 5.91 Å². The molecule has 1 aliphatic carbocycles. The standard InChI is InChI=1S/C21H32N2O2/c1-16-13-19(11-12-23(16)15-17-7-3-2-4-8-17)22-21(25)14-18-9-5-6-10-20(18)24/h2-4,7-8,16,18-20,24H,5-6,9-15H2,1H3,(H,22,25)/t16-,18-,19+,20+/m0/s1. The topological polar surface area (TPSA) is 52.6 Å². The molecule has 1 amide bonds. The van der Waals surface area contributed by atoms with E-state index in [1.54, 1.807) is 0 Å². The van der Waals surface area contributed by atoms with Crippen molar-refractivity contribution in [3.8, 4) is 0 Å². The van der Waals surface area contributed by atoms with Gasteiger partial charge in [0.1, 0.15) is 0 Å². The summed E-state index contributed by atoms with van der Waals surface area (Å²) in [7, 11) is 0. The molecule has 0 bridgehead atoms. The molecule has 1 aliphatic heterocycles. The predicted octanol–water partition coefficient (Wildman–Crippen LogP) is 3.10. The van der Waals surface area contributed by atoms with E-state index in [4.69, 9.17) is 0 Å². The fourth-order valence-electron chi connectivity index (χ4n) is 4.36. The van der Waals surface area contributed by atoms with Gasteiger partial charge in [-0.3, -0.25) is 9.69 Å². The van der Waals surface area contributed by atoms with Gasteiger partial charge in [-0.25, -0.2) is 0 Å². The van der Waals surface area contributed by atoms with E-state index in [1.807, 2.05) is 0 Å². The van der Waals surface area contributed by atoms with Crippen molar-refractivity contribution in [1.82, 2.24) is 10.2 Å². The van der Waals surface area contributed by atoms with Crippen molar-refractivity contribution in [2.24, 2.45) is 5.92 Å². The summed E-state index contributed by atoms with van der Waals surface area (Å²) in [5.41, 5.74) is 1.35. The number of carbonyl (C=O) groups excluding carboxylic acids is 1. The highest BCUT2D eigenvalue weighted by molar-refractivity contribution is 5.76. The molecule has 25 heavy (non-hydrogen) atoms. The number of benzene rings is 1. The molecule has 0 unspecified atom stereocenters. The Hall–Kier alpha value is -1.39. The van der Waals surface area contributed by atoms with Crippen LogP contribution in [0.25, 0.3) is 0 Å². The third-order valence-electron chi connectivity index (χ3n) is 5.92. The van der Waals surface area contributed by atoms with Gasteiger partial charge >= 0.3 is 0 Å². The molecule has 2 N–H and O–H groups in total. The zero-order chi connectivity index (χ0) is 17.6. The van der Waals surface area contributed by atoms with Crippen molar-refractivity contribution < 1.29 is 9.90 Å². The van der Waals surface area contributed by atoms with Gasteiger partial charge < -0.3 is 10.4 Å². The van der Waals surface area contributed by atoms with Crippen LogP contribution in [0, 0.1) is 5.92 Å². The van der Waals surface area contributed by atoms with Crippen LogP contribution in [-0.2, 0) is 11.3 Å². The first-order valence-corrected chi connectivity index (χ1v) is 9.87. The number of carbonyl (C=O) groups is 1. The minimum atomic E-state index is -0.286. The molecule has 0 radical (unpaired) electrons. The highest BCUT2D eigenvalue weighted by Gasteiger charge is 2.29. The van der Waals surface area contributed by atoms with Gasteiger partial charge in [0.05, 0.1) is 6.10 Å². The SMILES string of the molecule is C[C@H]1C[C@H](NC(=O)C[C@@H]2CCCC[C@H]2O)CCN1Cc1ccccc1. The molecule has 1 aromatic carbocycles. The highest BCUT2D eigenvalue weighted by Crippen LogP contribution is 2.27. The first kappa shape index (κ1) is 18.4. The van der Waals surface area contributed by atoms with Gasteiger partial charge in [-0.05, 0) is 44.1 Å². The summed E-state index contributed by atoms with van der Waals surface area (Å²) in [4.78, 5) is 14.9. The third-order valence-corrected chi connectivity index (χ3v) is 5.92. The Kier molecular flexibility index (Phi) is 6.49. The Bertz CT molecular complexity index is 548. The van der Waals surface area contributed by atoms with E-state index in [2.05, 4.69) is 47.5 Å². The summed E-state index contributed by atoms with van der Waals surface area (Å²) in [5, 5.41) is 13.3. The maximum Gasteiger partial charge on any atom is 0.220 e. The van der Waals surface area contributed by atoms with Gasteiger partial charge in [-0.15, -0.1) is 0 Å². The molecule has 1 aromatic rings. The third kappa shape index (κ3) is 5.29. The van der Waals surface area contributed by atoms with Gasteiger partial charge in [0.2, 0.25) is 5.91 Å². The summed E-state index contributed by atoms with van der Waals surface area (Å²) >= 11 is 0. The van der Waals surface area contributed by atoms with Gasteiger partial charge in [0, 0.05) is 31.6 Å². The monoisotopic (exact) mass is 344 g/mol. The van der Waals surface area contributed by atoms with Crippen LogP contribution in [-0.4, -0.2) is 40.6 Å². The van der Waals surface area contributed by atoms with Crippen LogP contribution in [0.15, 0.2) is 30.3 Å². The Labute approximate surface area is 151 Å². The molecule has 4 nitrogen and oxygen atoms in total. The van der Waals surface area contributed by atoms with Gasteiger partial charge in [0.25, 0.3) is 0 Å². The van der Waals surface area contributed by atoms with Crippen LogP contribution in [0.2, 0.25) is 0 Å². The molecule has 4 heteroatoms. The Morgan fingerprint density at radius 2 is 1.96 bits per heavy atom. The summed E-state index contributed by atoms with van der Waals surface area (Å²) in [5.74, 6) is 0.281. The van der Waals surface area contributed by atoms with Crippen LogP contribution in [0.1, 0.15) is 57.4 Å².